The fraction of sp³-hybridized carbons (Fsp3) is 0.688. The third-order valence-corrected chi connectivity index (χ3v) is 4.36. The highest BCUT2D eigenvalue weighted by Gasteiger charge is 2.41. The maximum Gasteiger partial charge on any atom is 0.329 e. The lowest BCUT2D eigenvalue weighted by atomic mass is 9.81. The summed E-state index contributed by atoms with van der Waals surface area (Å²) in [5, 5.41) is 16.6. The number of nitrogens with zero attached hydrogens (tertiary/aromatic N) is 2. The highest BCUT2D eigenvalue weighted by Crippen LogP contribution is 2.29. The van der Waals surface area contributed by atoms with E-state index in [1.54, 1.807) is 4.68 Å². The fourth-order valence-corrected chi connectivity index (χ4v) is 3.03. The summed E-state index contributed by atoms with van der Waals surface area (Å²) in [6, 6.07) is 0. The van der Waals surface area contributed by atoms with E-state index < -0.39 is 11.5 Å². The molecule has 1 heterocycles. The number of nitrogens with one attached hydrogen (secondary N) is 1. The summed E-state index contributed by atoms with van der Waals surface area (Å²) < 4.78 is 1.80. The molecule has 2 rings (SSSR count). The van der Waals surface area contributed by atoms with Crippen LogP contribution in [0.25, 0.3) is 0 Å². The number of carbonyl (C=O) groups is 2. The smallest absolute Gasteiger partial charge is 0.329 e. The van der Waals surface area contributed by atoms with Crippen LogP contribution >= 0.6 is 0 Å². The maximum absolute atomic E-state index is 12.5. The molecule has 6 heteroatoms. The molecule has 1 aromatic rings. The zero-order chi connectivity index (χ0) is 16.3. The molecule has 1 aliphatic carbocycles. The Bertz CT molecular complexity index is 557. The third-order valence-electron chi connectivity index (χ3n) is 4.36. The summed E-state index contributed by atoms with van der Waals surface area (Å²) in [5.74, 6) is -0.845. The molecule has 1 aromatic heterocycles. The Morgan fingerprint density at radius 2 is 2.00 bits per heavy atom. The van der Waals surface area contributed by atoms with Crippen molar-refractivity contribution in [3.8, 4) is 0 Å². The SMILES string of the molecule is Cc1c(C(=O)NC2(C(=O)O)CCCCC2)cnn1CC(C)C. The van der Waals surface area contributed by atoms with Gasteiger partial charge in [0.05, 0.1) is 11.8 Å². The minimum Gasteiger partial charge on any atom is -0.480 e. The number of hydrogen-bond acceptors (Lipinski definition) is 3. The van der Waals surface area contributed by atoms with Gasteiger partial charge in [0.2, 0.25) is 0 Å². The molecule has 6 nitrogen and oxygen atoms in total. The van der Waals surface area contributed by atoms with Gasteiger partial charge in [0.15, 0.2) is 0 Å². The van der Waals surface area contributed by atoms with Crippen LogP contribution in [0.3, 0.4) is 0 Å². The molecule has 0 saturated heterocycles. The molecule has 1 fully saturated rings. The molecule has 122 valence electrons. The number of carboxylic acids is 1. The second-order valence-electron chi connectivity index (χ2n) is 6.62. The molecule has 22 heavy (non-hydrogen) atoms. The van der Waals surface area contributed by atoms with Crippen molar-refractivity contribution in [1.82, 2.24) is 15.1 Å². The lowest BCUT2D eigenvalue weighted by Gasteiger charge is -2.33. The number of aliphatic carboxylic acids is 1. The summed E-state index contributed by atoms with van der Waals surface area (Å²) in [7, 11) is 0. The topological polar surface area (TPSA) is 84.2 Å². The first-order chi connectivity index (χ1) is 10.4. The first kappa shape index (κ1) is 16.5. The molecular formula is C16H25N3O3. The Morgan fingerprint density at radius 3 is 2.55 bits per heavy atom. The Hall–Kier alpha value is -1.85. The number of hydrogen-bond donors (Lipinski definition) is 2. The van der Waals surface area contributed by atoms with Crippen LogP contribution in [0.15, 0.2) is 6.20 Å². The highest BCUT2D eigenvalue weighted by molar-refractivity contribution is 5.98. The average Bonchev–Trinajstić information content (AvgIpc) is 2.80. The van der Waals surface area contributed by atoms with Crippen molar-refractivity contribution < 1.29 is 14.7 Å². The van der Waals surface area contributed by atoms with Crippen LogP contribution in [0.5, 0.6) is 0 Å². The van der Waals surface area contributed by atoms with E-state index in [0.29, 0.717) is 24.3 Å². The van der Waals surface area contributed by atoms with Gasteiger partial charge in [-0.3, -0.25) is 9.48 Å². The molecule has 0 unspecified atom stereocenters. The third kappa shape index (κ3) is 3.31. The van der Waals surface area contributed by atoms with E-state index in [0.717, 1.165) is 31.5 Å². The van der Waals surface area contributed by atoms with Gasteiger partial charge in [-0.15, -0.1) is 0 Å². The molecule has 0 aromatic carbocycles. The number of carbonyl (C=O) groups excluding carboxylic acids is 1. The van der Waals surface area contributed by atoms with Crippen molar-refractivity contribution in [2.75, 3.05) is 0 Å². The van der Waals surface area contributed by atoms with Crippen LogP contribution in [0.1, 0.15) is 62.0 Å². The molecule has 1 amide bonds. The highest BCUT2D eigenvalue weighted by atomic mass is 16.4. The Morgan fingerprint density at radius 1 is 1.36 bits per heavy atom. The first-order valence-corrected chi connectivity index (χ1v) is 7.94. The summed E-state index contributed by atoms with van der Waals surface area (Å²) in [4.78, 5) is 24.2. The molecule has 0 bridgehead atoms. The molecule has 1 saturated carbocycles. The van der Waals surface area contributed by atoms with Crippen molar-refractivity contribution >= 4 is 11.9 Å². The van der Waals surface area contributed by atoms with Gasteiger partial charge in [-0.2, -0.15) is 5.10 Å². The van der Waals surface area contributed by atoms with Crippen LogP contribution in [0.4, 0.5) is 0 Å². The van der Waals surface area contributed by atoms with E-state index in [1.807, 2.05) is 6.92 Å². The number of amides is 1. The average molecular weight is 307 g/mol. The van der Waals surface area contributed by atoms with Crippen LogP contribution in [0.2, 0.25) is 0 Å². The summed E-state index contributed by atoms with van der Waals surface area (Å²) in [5.41, 5.74) is 0.122. The largest absolute Gasteiger partial charge is 0.480 e. The van der Waals surface area contributed by atoms with Gasteiger partial charge >= 0.3 is 5.97 Å². The number of carboxylic acid groups (broad SMARTS) is 1. The normalized spacial score (nSPS) is 17.5. The minimum absolute atomic E-state index is 0.336. The number of aromatic nitrogens is 2. The van der Waals surface area contributed by atoms with Crippen LogP contribution < -0.4 is 5.32 Å². The predicted molar refractivity (Wildman–Crippen MR) is 82.7 cm³/mol. The van der Waals surface area contributed by atoms with E-state index in [-0.39, 0.29) is 5.91 Å². The van der Waals surface area contributed by atoms with E-state index in [2.05, 4.69) is 24.3 Å². The van der Waals surface area contributed by atoms with Gasteiger partial charge in [0, 0.05) is 12.2 Å². The van der Waals surface area contributed by atoms with E-state index in [9.17, 15) is 14.7 Å². The van der Waals surface area contributed by atoms with Gasteiger partial charge in [0.25, 0.3) is 5.91 Å². The summed E-state index contributed by atoms with van der Waals surface area (Å²) >= 11 is 0. The van der Waals surface area contributed by atoms with E-state index in [4.69, 9.17) is 0 Å². The summed E-state index contributed by atoms with van der Waals surface area (Å²) in [6.07, 6.45) is 5.21. The van der Waals surface area contributed by atoms with Crippen molar-refractivity contribution in [2.45, 2.75) is 65.0 Å². The van der Waals surface area contributed by atoms with Gasteiger partial charge in [-0.05, 0) is 25.7 Å². The second kappa shape index (κ2) is 6.50. The zero-order valence-electron chi connectivity index (χ0n) is 13.6. The summed E-state index contributed by atoms with van der Waals surface area (Å²) in [6.45, 7) is 6.76. The molecule has 2 N–H and O–H groups in total. The molecule has 0 atom stereocenters. The Balaban J connectivity index is 2.17. The van der Waals surface area contributed by atoms with Gasteiger partial charge in [-0.1, -0.05) is 33.1 Å². The van der Waals surface area contributed by atoms with E-state index >= 15 is 0 Å². The Kier molecular flexibility index (Phi) is 4.88. The standard InChI is InChI=1S/C16H25N3O3/c1-11(2)10-19-12(3)13(9-17-19)14(20)18-16(15(21)22)7-5-4-6-8-16/h9,11H,4-8,10H2,1-3H3,(H,18,20)(H,21,22). The second-order valence-corrected chi connectivity index (χ2v) is 6.62. The van der Waals surface area contributed by atoms with Gasteiger partial charge in [0.1, 0.15) is 5.54 Å². The van der Waals surface area contributed by atoms with Crippen LogP contribution in [0, 0.1) is 12.8 Å². The van der Waals surface area contributed by atoms with Crippen molar-refractivity contribution in [3.63, 3.8) is 0 Å². The predicted octanol–water partition coefficient (Wildman–Crippen LogP) is 2.36. The van der Waals surface area contributed by atoms with Crippen molar-refractivity contribution in [3.05, 3.63) is 17.5 Å². The Labute approximate surface area is 130 Å². The van der Waals surface area contributed by atoms with Gasteiger partial charge in [-0.25, -0.2) is 4.79 Å². The minimum atomic E-state index is -1.12. The molecule has 0 radical (unpaired) electrons. The van der Waals surface area contributed by atoms with Gasteiger partial charge < -0.3 is 10.4 Å². The molecule has 1 aliphatic rings. The zero-order valence-corrected chi connectivity index (χ0v) is 13.6. The lowest BCUT2D eigenvalue weighted by molar-refractivity contribution is -0.145. The van der Waals surface area contributed by atoms with Crippen molar-refractivity contribution in [2.24, 2.45) is 5.92 Å². The molecule has 0 spiro atoms. The lowest BCUT2D eigenvalue weighted by Crippen LogP contribution is -2.55. The molecular weight excluding hydrogens is 282 g/mol. The number of rotatable bonds is 5. The van der Waals surface area contributed by atoms with E-state index in [1.165, 1.54) is 6.20 Å². The van der Waals surface area contributed by atoms with Crippen LogP contribution in [-0.2, 0) is 11.3 Å². The quantitative estimate of drug-likeness (QED) is 0.874. The van der Waals surface area contributed by atoms with Crippen molar-refractivity contribution in [1.29, 1.82) is 0 Å². The fourth-order valence-electron chi connectivity index (χ4n) is 3.03. The van der Waals surface area contributed by atoms with Crippen LogP contribution in [-0.4, -0.2) is 32.3 Å². The first-order valence-electron chi connectivity index (χ1n) is 7.94. The maximum atomic E-state index is 12.5. The molecule has 0 aliphatic heterocycles. The monoisotopic (exact) mass is 307 g/mol.